The van der Waals surface area contributed by atoms with Gasteiger partial charge in [0.05, 0.1) is 0 Å². The molecule has 2 aromatic carbocycles. The first-order chi connectivity index (χ1) is 8.81. The molecule has 1 atom stereocenters. The molecular weight excluding hydrogens is 331 g/mol. The SMILES string of the molecule is Ic1cccc2c1[C@@]1(CCc3ccccc31)CC2. The lowest BCUT2D eigenvalue weighted by Gasteiger charge is -2.27. The van der Waals surface area contributed by atoms with E-state index in [1.807, 2.05) is 0 Å². The van der Waals surface area contributed by atoms with E-state index in [0.717, 1.165) is 0 Å². The quantitative estimate of drug-likeness (QED) is 0.618. The summed E-state index contributed by atoms with van der Waals surface area (Å²) in [5.74, 6) is 0. The monoisotopic (exact) mass is 346 g/mol. The minimum Gasteiger partial charge on any atom is -0.0620 e. The van der Waals surface area contributed by atoms with Crippen molar-refractivity contribution in [3.05, 3.63) is 68.3 Å². The van der Waals surface area contributed by atoms with Gasteiger partial charge in [0.15, 0.2) is 0 Å². The van der Waals surface area contributed by atoms with Crippen molar-refractivity contribution in [2.75, 3.05) is 0 Å². The van der Waals surface area contributed by atoms with Gasteiger partial charge < -0.3 is 0 Å². The standard InChI is InChI=1S/C17H15I/c18-15-7-3-5-13-9-11-17(16(13)15)10-8-12-4-1-2-6-14(12)17/h1-7H,8-11H2/t17-/m0/s1. The molecular formula is C17H15I. The highest BCUT2D eigenvalue weighted by atomic mass is 127. The Kier molecular flexibility index (Phi) is 2.35. The molecule has 0 aromatic heterocycles. The van der Waals surface area contributed by atoms with E-state index in [1.165, 1.54) is 29.3 Å². The molecule has 0 nitrogen and oxygen atoms in total. The van der Waals surface area contributed by atoms with Crippen molar-refractivity contribution in [1.29, 1.82) is 0 Å². The van der Waals surface area contributed by atoms with Crippen LogP contribution in [0.4, 0.5) is 0 Å². The van der Waals surface area contributed by atoms with Crippen molar-refractivity contribution >= 4 is 22.6 Å². The van der Waals surface area contributed by atoms with Gasteiger partial charge in [0.2, 0.25) is 0 Å². The van der Waals surface area contributed by atoms with Crippen LogP contribution in [-0.4, -0.2) is 0 Å². The molecule has 0 bridgehead atoms. The average molecular weight is 346 g/mol. The number of rotatable bonds is 0. The minimum atomic E-state index is 0.337. The van der Waals surface area contributed by atoms with Crippen molar-refractivity contribution < 1.29 is 0 Å². The number of hydrogen-bond acceptors (Lipinski definition) is 0. The zero-order valence-electron chi connectivity index (χ0n) is 10.2. The molecule has 2 aliphatic carbocycles. The summed E-state index contributed by atoms with van der Waals surface area (Å²) in [6, 6.07) is 15.9. The molecule has 0 saturated carbocycles. The fraction of sp³-hybridized carbons (Fsp3) is 0.294. The summed E-state index contributed by atoms with van der Waals surface area (Å²) >= 11 is 2.52. The Labute approximate surface area is 122 Å². The number of benzene rings is 2. The lowest BCUT2D eigenvalue weighted by Crippen LogP contribution is -2.22. The van der Waals surface area contributed by atoms with Crippen molar-refractivity contribution in [3.63, 3.8) is 0 Å². The molecule has 0 saturated heterocycles. The van der Waals surface area contributed by atoms with Crippen LogP contribution in [0.3, 0.4) is 0 Å². The number of hydrogen-bond donors (Lipinski definition) is 0. The molecule has 2 aliphatic rings. The maximum Gasteiger partial charge on any atom is 0.0225 e. The average Bonchev–Trinajstić information content (AvgIpc) is 2.95. The van der Waals surface area contributed by atoms with E-state index >= 15 is 0 Å². The summed E-state index contributed by atoms with van der Waals surface area (Å²) in [6.45, 7) is 0. The Hall–Kier alpha value is -0.830. The first-order valence-electron chi connectivity index (χ1n) is 6.67. The largest absolute Gasteiger partial charge is 0.0620 e. The van der Waals surface area contributed by atoms with Gasteiger partial charge in [-0.15, -0.1) is 0 Å². The highest BCUT2D eigenvalue weighted by Gasteiger charge is 2.45. The fourth-order valence-corrected chi connectivity index (χ4v) is 5.06. The van der Waals surface area contributed by atoms with Gasteiger partial charge in [0, 0.05) is 8.99 Å². The van der Waals surface area contributed by atoms with E-state index in [9.17, 15) is 0 Å². The summed E-state index contributed by atoms with van der Waals surface area (Å²) in [6.07, 6.45) is 5.11. The molecule has 0 N–H and O–H groups in total. The summed E-state index contributed by atoms with van der Waals surface area (Å²) < 4.78 is 1.46. The number of fused-ring (bicyclic) bond motifs is 4. The predicted octanol–water partition coefficient (Wildman–Crippen LogP) is 4.47. The normalized spacial score (nSPS) is 24.3. The van der Waals surface area contributed by atoms with Crippen molar-refractivity contribution in [2.45, 2.75) is 31.1 Å². The van der Waals surface area contributed by atoms with E-state index in [1.54, 1.807) is 22.3 Å². The van der Waals surface area contributed by atoms with Gasteiger partial charge in [-0.3, -0.25) is 0 Å². The van der Waals surface area contributed by atoms with Gasteiger partial charge in [0.25, 0.3) is 0 Å². The van der Waals surface area contributed by atoms with E-state index in [4.69, 9.17) is 0 Å². The van der Waals surface area contributed by atoms with Crippen LogP contribution in [0, 0.1) is 3.57 Å². The van der Waals surface area contributed by atoms with Crippen LogP contribution in [0.2, 0.25) is 0 Å². The highest BCUT2D eigenvalue weighted by Crippen LogP contribution is 2.53. The van der Waals surface area contributed by atoms with Crippen LogP contribution < -0.4 is 0 Å². The van der Waals surface area contributed by atoms with Crippen LogP contribution in [0.15, 0.2) is 42.5 Å². The zero-order chi connectivity index (χ0) is 12.2. The Morgan fingerprint density at radius 2 is 1.56 bits per heavy atom. The Balaban J connectivity index is 2.00. The van der Waals surface area contributed by atoms with Crippen LogP contribution in [-0.2, 0) is 18.3 Å². The molecule has 0 fully saturated rings. The molecule has 0 amide bonds. The summed E-state index contributed by atoms with van der Waals surface area (Å²) in [4.78, 5) is 0. The van der Waals surface area contributed by atoms with E-state index in [2.05, 4.69) is 65.1 Å². The van der Waals surface area contributed by atoms with E-state index < -0.39 is 0 Å². The molecule has 0 unspecified atom stereocenters. The minimum absolute atomic E-state index is 0.337. The molecule has 1 spiro atoms. The third-order valence-electron chi connectivity index (χ3n) is 4.75. The van der Waals surface area contributed by atoms with Gasteiger partial charge in [-0.05, 0) is 76.6 Å². The maximum atomic E-state index is 2.52. The van der Waals surface area contributed by atoms with E-state index in [0.29, 0.717) is 5.41 Å². The van der Waals surface area contributed by atoms with Crippen LogP contribution >= 0.6 is 22.6 Å². The highest BCUT2D eigenvalue weighted by molar-refractivity contribution is 14.1. The molecule has 0 aliphatic heterocycles. The Morgan fingerprint density at radius 3 is 2.44 bits per heavy atom. The van der Waals surface area contributed by atoms with Crippen LogP contribution in [0.1, 0.15) is 35.1 Å². The molecule has 18 heavy (non-hydrogen) atoms. The van der Waals surface area contributed by atoms with E-state index in [-0.39, 0.29) is 0 Å². The van der Waals surface area contributed by atoms with Crippen molar-refractivity contribution in [3.8, 4) is 0 Å². The second-order valence-corrected chi connectivity index (χ2v) is 6.68. The summed E-state index contributed by atoms with van der Waals surface area (Å²) in [5.41, 5.74) is 6.73. The Morgan fingerprint density at radius 1 is 0.833 bits per heavy atom. The van der Waals surface area contributed by atoms with Gasteiger partial charge in [0.1, 0.15) is 0 Å². The Bertz CT molecular complexity index is 625. The van der Waals surface area contributed by atoms with Gasteiger partial charge in [-0.2, -0.15) is 0 Å². The van der Waals surface area contributed by atoms with Crippen molar-refractivity contribution in [1.82, 2.24) is 0 Å². The fourth-order valence-electron chi connectivity index (χ4n) is 3.99. The van der Waals surface area contributed by atoms with Gasteiger partial charge in [-0.25, -0.2) is 0 Å². The third kappa shape index (κ3) is 1.31. The lowest BCUT2D eigenvalue weighted by molar-refractivity contribution is 0.505. The second kappa shape index (κ2) is 3.83. The number of aryl methyl sites for hydroxylation is 2. The van der Waals surface area contributed by atoms with Gasteiger partial charge in [-0.1, -0.05) is 36.4 Å². The molecule has 0 radical (unpaired) electrons. The van der Waals surface area contributed by atoms with Gasteiger partial charge >= 0.3 is 0 Å². The molecule has 1 heteroatoms. The zero-order valence-corrected chi connectivity index (χ0v) is 12.4. The molecule has 0 heterocycles. The maximum absolute atomic E-state index is 2.52. The second-order valence-electron chi connectivity index (χ2n) is 5.51. The first kappa shape index (κ1) is 11.0. The molecule has 4 rings (SSSR count). The predicted molar refractivity (Wildman–Crippen MR) is 83.0 cm³/mol. The topological polar surface area (TPSA) is 0 Å². The smallest absolute Gasteiger partial charge is 0.0225 e. The summed E-state index contributed by atoms with van der Waals surface area (Å²) in [7, 11) is 0. The lowest BCUT2D eigenvalue weighted by atomic mass is 9.77. The number of halogens is 1. The first-order valence-corrected chi connectivity index (χ1v) is 7.75. The van der Waals surface area contributed by atoms with Crippen LogP contribution in [0.25, 0.3) is 0 Å². The molecule has 90 valence electrons. The summed E-state index contributed by atoms with van der Waals surface area (Å²) in [5, 5.41) is 0. The third-order valence-corrected chi connectivity index (χ3v) is 5.65. The van der Waals surface area contributed by atoms with Crippen molar-refractivity contribution in [2.24, 2.45) is 0 Å². The van der Waals surface area contributed by atoms with Crippen LogP contribution in [0.5, 0.6) is 0 Å². The molecule has 2 aromatic rings.